The van der Waals surface area contributed by atoms with Gasteiger partial charge in [0.15, 0.2) is 0 Å². The quantitative estimate of drug-likeness (QED) is 0.340. The van der Waals surface area contributed by atoms with Crippen molar-refractivity contribution in [2.24, 2.45) is 0 Å². The standard InChI is InChI=1S/C25H27Cl3FN5O2/c1-14(2)33(24(36)30-15-6-9-20(29)19(28)10-15)13-23(35)31-22-12-21(25(3,4)5)32-34(22)16-7-8-17(26)18(27)11-16/h6-12,14H,13H2,1-5H3,(H,30,36)(H,31,35). The van der Waals surface area contributed by atoms with Gasteiger partial charge in [-0.2, -0.15) is 5.10 Å². The number of benzene rings is 2. The van der Waals surface area contributed by atoms with E-state index in [0.717, 1.165) is 11.8 Å². The Labute approximate surface area is 224 Å². The highest BCUT2D eigenvalue weighted by molar-refractivity contribution is 6.42. The van der Waals surface area contributed by atoms with E-state index < -0.39 is 17.8 Å². The molecule has 0 fully saturated rings. The maximum atomic E-state index is 13.4. The average Bonchev–Trinajstić information content (AvgIpc) is 3.20. The number of amides is 3. The summed E-state index contributed by atoms with van der Waals surface area (Å²) in [6.45, 7) is 9.34. The number of halogens is 4. The minimum atomic E-state index is -0.594. The molecule has 0 aliphatic carbocycles. The summed E-state index contributed by atoms with van der Waals surface area (Å²) < 4.78 is 15.0. The lowest BCUT2D eigenvalue weighted by molar-refractivity contribution is -0.117. The van der Waals surface area contributed by atoms with E-state index in [1.54, 1.807) is 42.8 Å². The fourth-order valence-electron chi connectivity index (χ4n) is 3.25. The highest BCUT2D eigenvalue weighted by Crippen LogP contribution is 2.29. The van der Waals surface area contributed by atoms with Crippen molar-refractivity contribution in [1.29, 1.82) is 0 Å². The molecule has 1 aromatic heterocycles. The molecule has 0 saturated heterocycles. The highest BCUT2D eigenvalue weighted by Gasteiger charge is 2.24. The normalized spacial score (nSPS) is 11.5. The minimum absolute atomic E-state index is 0.119. The number of anilines is 2. The Hall–Kier alpha value is -2.81. The number of hydrogen-bond donors (Lipinski definition) is 2. The first-order valence-corrected chi connectivity index (χ1v) is 12.3. The first kappa shape index (κ1) is 27.8. The molecule has 0 spiro atoms. The van der Waals surface area contributed by atoms with Gasteiger partial charge in [-0.05, 0) is 50.2 Å². The average molecular weight is 555 g/mol. The van der Waals surface area contributed by atoms with E-state index in [0.29, 0.717) is 27.2 Å². The van der Waals surface area contributed by atoms with Crippen LogP contribution >= 0.6 is 34.8 Å². The van der Waals surface area contributed by atoms with Gasteiger partial charge >= 0.3 is 6.03 Å². The smallest absolute Gasteiger partial charge is 0.313 e. The molecule has 3 aromatic rings. The van der Waals surface area contributed by atoms with Crippen molar-refractivity contribution in [3.8, 4) is 5.69 Å². The van der Waals surface area contributed by atoms with E-state index in [9.17, 15) is 14.0 Å². The molecule has 0 aliphatic heterocycles. The molecule has 192 valence electrons. The maximum Gasteiger partial charge on any atom is 0.322 e. The van der Waals surface area contributed by atoms with Gasteiger partial charge in [0.05, 0.1) is 26.4 Å². The molecular formula is C25H27Cl3FN5O2. The Morgan fingerprint density at radius 3 is 2.28 bits per heavy atom. The SMILES string of the molecule is CC(C)N(CC(=O)Nc1cc(C(C)(C)C)nn1-c1ccc(Cl)c(Cl)c1)C(=O)Nc1ccc(F)c(Cl)c1. The largest absolute Gasteiger partial charge is 0.322 e. The van der Waals surface area contributed by atoms with Crippen molar-refractivity contribution in [2.45, 2.75) is 46.1 Å². The zero-order valence-corrected chi connectivity index (χ0v) is 22.8. The number of carbonyl (C=O) groups excluding carboxylic acids is 2. The number of nitrogens with one attached hydrogen (secondary N) is 2. The van der Waals surface area contributed by atoms with Gasteiger partial charge in [-0.1, -0.05) is 55.6 Å². The molecule has 0 saturated carbocycles. The van der Waals surface area contributed by atoms with Gasteiger partial charge in [-0.3, -0.25) is 4.79 Å². The van der Waals surface area contributed by atoms with E-state index in [1.807, 2.05) is 20.8 Å². The third kappa shape index (κ3) is 6.69. The molecule has 3 rings (SSSR count). The summed E-state index contributed by atoms with van der Waals surface area (Å²) in [5.74, 6) is -0.613. The van der Waals surface area contributed by atoms with E-state index >= 15 is 0 Å². The zero-order valence-electron chi connectivity index (χ0n) is 20.5. The molecule has 1 heterocycles. The monoisotopic (exact) mass is 553 g/mol. The molecule has 7 nitrogen and oxygen atoms in total. The lowest BCUT2D eigenvalue weighted by Crippen LogP contribution is -2.44. The minimum Gasteiger partial charge on any atom is -0.313 e. The van der Waals surface area contributed by atoms with Crippen LogP contribution in [0.4, 0.5) is 20.7 Å². The van der Waals surface area contributed by atoms with Crippen LogP contribution in [0.25, 0.3) is 5.69 Å². The summed E-state index contributed by atoms with van der Waals surface area (Å²) in [5, 5.41) is 10.8. The van der Waals surface area contributed by atoms with Crippen molar-refractivity contribution in [1.82, 2.24) is 14.7 Å². The molecule has 0 bridgehead atoms. The number of urea groups is 1. The van der Waals surface area contributed by atoms with Crippen LogP contribution in [0.15, 0.2) is 42.5 Å². The Kier molecular flexibility index (Phi) is 8.54. The van der Waals surface area contributed by atoms with Crippen LogP contribution in [-0.2, 0) is 10.2 Å². The number of hydrogen-bond acceptors (Lipinski definition) is 3. The highest BCUT2D eigenvalue weighted by atomic mass is 35.5. The first-order valence-electron chi connectivity index (χ1n) is 11.1. The van der Waals surface area contributed by atoms with E-state index in [4.69, 9.17) is 34.8 Å². The Morgan fingerprint density at radius 1 is 1.00 bits per heavy atom. The number of carbonyl (C=O) groups is 2. The fraction of sp³-hybridized carbons (Fsp3) is 0.320. The van der Waals surface area contributed by atoms with E-state index in [2.05, 4.69) is 15.7 Å². The van der Waals surface area contributed by atoms with Crippen molar-refractivity contribution in [2.75, 3.05) is 17.2 Å². The summed E-state index contributed by atoms with van der Waals surface area (Å²) in [6.07, 6.45) is 0. The number of nitrogens with zero attached hydrogens (tertiary/aromatic N) is 3. The lowest BCUT2D eigenvalue weighted by Gasteiger charge is -2.26. The molecule has 11 heteroatoms. The Balaban J connectivity index is 1.83. The van der Waals surface area contributed by atoms with Crippen LogP contribution in [0.3, 0.4) is 0 Å². The third-order valence-corrected chi connectivity index (χ3v) is 6.29. The van der Waals surface area contributed by atoms with Crippen LogP contribution in [0.1, 0.15) is 40.3 Å². The predicted molar refractivity (Wildman–Crippen MR) is 143 cm³/mol. The molecule has 2 N–H and O–H groups in total. The number of rotatable bonds is 6. The van der Waals surface area contributed by atoms with Gasteiger partial charge in [0, 0.05) is 23.2 Å². The summed E-state index contributed by atoms with van der Waals surface area (Å²) in [6, 6.07) is 9.83. The maximum absolute atomic E-state index is 13.4. The Bertz CT molecular complexity index is 1290. The second kappa shape index (κ2) is 11.1. The Morgan fingerprint density at radius 2 is 1.69 bits per heavy atom. The third-order valence-electron chi connectivity index (χ3n) is 5.26. The summed E-state index contributed by atoms with van der Waals surface area (Å²) in [4.78, 5) is 27.3. The van der Waals surface area contributed by atoms with Gasteiger partial charge < -0.3 is 15.5 Å². The molecule has 0 unspecified atom stereocenters. The van der Waals surface area contributed by atoms with Crippen LogP contribution < -0.4 is 10.6 Å². The second-order valence-electron chi connectivity index (χ2n) is 9.50. The first-order chi connectivity index (χ1) is 16.8. The molecule has 3 amide bonds. The number of aromatic nitrogens is 2. The summed E-state index contributed by atoms with van der Waals surface area (Å²) >= 11 is 18.1. The second-order valence-corrected chi connectivity index (χ2v) is 10.7. The summed E-state index contributed by atoms with van der Waals surface area (Å²) in [5.41, 5.74) is 1.38. The molecule has 0 radical (unpaired) electrons. The van der Waals surface area contributed by atoms with Crippen LogP contribution in [-0.4, -0.2) is 39.2 Å². The van der Waals surface area contributed by atoms with Gasteiger partial charge in [0.25, 0.3) is 0 Å². The lowest BCUT2D eigenvalue weighted by atomic mass is 9.92. The van der Waals surface area contributed by atoms with Gasteiger partial charge in [0.2, 0.25) is 5.91 Å². The fourth-order valence-corrected chi connectivity index (χ4v) is 3.72. The van der Waals surface area contributed by atoms with Gasteiger partial charge in [-0.15, -0.1) is 0 Å². The zero-order chi connectivity index (χ0) is 26.8. The van der Waals surface area contributed by atoms with Gasteiger partial charge in [-0.25, -0.2) is 13.9 Å². The summed E-state index contributed by atoms with van der Waals surface area (Å²) in [7, 11) is 0. The molecule has 36 heavy (non-hydrogen) atoms. The molecular weight excluding hydrogens is 528 g/mol. The van der Waals surface area contributed by atoms with Crippen molar-refractivity contribution >= 4 is 58.2 Å². The van der Waals surface area contributed by atoms with Crippen molar-refractivity contribution in [3.05, 3.63) is 69.0 Å². The molecule has 0 aliphatic rings. The predicted octanol–water partition coefficient (Wildman–Crippen LogP) is 7.15. The van der Waals surface area contributed by atoms with Gasteiger partial charge in [0.1, 0.15) is 18.2 Å². The van der Waals surface area contributed by atoms with Crippen molar-refractivity contribution in [3.63, 3.8) is 0 Å². The van der Waals surface area contributed by atoms with Crippen molar-refractivity contribution < 1.29 is 14.0 Å². The van der Waals surface area contributed by atoms with Crippen LogP contribution in [0.2, 0.25) is 15.1 Å². The van der Waals surface area contributed by atoms with E-state index in [1.165, 1.54) is 17.0 Å². The molecule has 2 aromatic carbocycles. The molecule has 0 atom stereocenters. The van der Waals surface area contributed by atoms with E-state index in [-0.39, 0.29) is 23.0 Å². The van der Waals surface area contributed by atoms with Crippen LogP contribution in [0.5, 0.6) is 0 Å². The van der Waals surface area contributed by atoms with Crippen LogP contribution in [0, 0.1) is 5.82 Å². The topological polar surface area (TPSA) is 79.3 Å².